The first kappa shape index (κ1) is 20.2. The van der Waals surface area contributed by atoms with Crippen molar-refractivity contribution in [2.45, 2.75) is 66.6 Å². The van der Waals surface area contributed by atoms with Crippen LogP contribution < -0.4 is 0 Å². The molecule has 0 fully saturated rings. The number of rotatable bonds is 8. The lowest BCUT2D eigenvalue weighted by molar-refractivity contribution is 0.0160. The summed E-state index contributed by atoms with van der Waals surface area (Å²) < 4.78 is 11.0. The molecular formula is C20H30O4. The highest BCUT2D eigenvalue weighted by molar-refractivity contribution is 5.93. The molecule has 4 heteroatoms. The second-order valence-electron chi connectivity index (χ2n) is 6.77. The standard InChI is InChI=1S/C20H30O4/c1-7-17(13(3)4)23-19(21)15-9-11-16(12-10-15)20(22)24-18(8-2)14(5)6/h9-14,17-18H,7-8H2,1-6H3. The van der Waals surface area contributed by atoms with Crippen molar-refractivity contribution < 1.29 is 19.1 Å². The van der Waals surface area contributed by atoms with Gasteiger partial charge < -0.3 is 9.47 Å². The van der Waals surface area contributed by atoms with E-state index < -0.39 is 0 Å². The van der Waals surface area contributed by atoms with Crippen LogP contribution in [-0.4, -0.2) is 24.1 Å². The lowest BCUT2D eigenvalue weighted by atomic mass is 10.0. The van der Waals surface area contributed by atoms with Crippen molar-refractivity contribution in [2.75, 3.05) is 0 Å². The van der Waals surface area contributed by atoms with E-state index in [1.54, 1.807) is 24.3 Å². The van der Waals surface area contributed by atoms with Gasteiger partial charge in [-0.1, -0.05) is 41.5 Å². The molecule has 0 aliphatic heterocycles. The van der Waals surface area contributed by atoms with Crippen LogP contribution in [0.15, 0.2) is 24.3 Å². The third kappa shape index (κ3) is 5.66. The number of hydrogen-bond donors (Lipinski definition) is 0. The SMILES string of the molecule is CCC(OC(=O)c1ccc(C(=O)OC(CC)C(C)C)cc1)C(C)C. The molecule has 0 saturated heterocycles. The fourth-order valence-electron chi connectivity index (χ4n) is 2.54. The molecule has 4 nitrogen and oxygen atoms in total. The van der Waals surface area contributed by atoms with Gasteiger partial charge in [-0.15, -0.1) is 0 Å². The summed E-state index contributed by atoms with van der Waals surface area (Å²) in [6.45, 7) is 12.1. The largest absolute Gasteiger partial charge is 0.459 e. The maximum atomic E-state index is 12.2. The van der Waals surface area contributed by atoms with Gasteiger partial charge >= 0.3 is 11.9 Å². The predicted molar refractivity (Wildman–Crippen MR) is 95.1 cm³/mol. The molecule has 1 aromatic rings. The average Bonchev–Trinajstić information content (AvgIpc) is 2.56. The minimum Gasteiger partial charge on any atom is -0.459 e. The van der Waals surface area contributed by atoms with Crippen LogP contribution in [0.25, 0.3) is 0 Å². The molecule has 0 aliphatic rings. The Hall–Kier alpha value is -1.84. The summed E-state index contributed by atoms with van der Waals surface area (Å²) >= 11 is 0. The van der Waals surface area contributed by atoms with Crippen molar-refractivity contribution in [3.8, 4) is 0 Å². The van der Waals surface area contributed by atoms with Crippen molar-refractivity contribution in [2.24, 2.45) is 11.8 Å². The van der Waals surface area contributed by atoms with Crippen LogP contribution in [0.4, 0.5) is 0 Å². The van der Waals surface area contributed by atoms with Gasteiger partial charge in [-0.05, 0) is 48.9 Å². The summed E-state index contributed by atoms with van der Waals surface area (Å²) in [6, 6.07) is 6.45. The smallest absolute Gasteiger partial charge is 0.338 e. The van der Waals surface area contributed by atoms with Gasteiger partial charge in [0.25, 0.3) is 0 Å². The topological polar surface area (TPSA) is 52.6 Å². The van der Waals surface area contributed by atoms with Crippen LogP contribution in [0.3, 0.4) is 0 Å². The lowest BCUT2D eigenvalue weighted by Crippen LogP contribution is -2.23. The van der Waals surface area contributed by atoms with Gasteiger partial charge in [0, 0.05) is 0 Å². The third-order valence-corrected chi connectivity index (χ3v) is 4.17. The van der Waals surface area contributed by atoms with E-state index in [-0.39, 0.29) is 36.0 Å². The first-order valence-corrected chi connectivity index (χ1v) is 8.82. The molecule has 0 aromatic heterocycles. The van der Waals surface area contributed by atoms with E-state index in [4.69, 9.17) is 9.47 Å². The van der Waals surface area contributed by atoms with Gasteiger partial charge in [0.05, 0.1) is 11.1 Å². The summed E-state index contributed by atoms with van der Waals surface area (Å²) in [5, 5.41) is 0. The molecule has 134 valence electrons. The van der Waals surface area contributed by atoms with Crippen molar-refractivity contribution in [3.05, 3.63) is 35.4 Å². The molecule has 2 unspecified atom stereocenters. The second kappa shape index (κ2) is 9.45. The number of hydrogen-bond acceptors (Lipinski definition) is 4. The van der Waals surface area contributed by atoms with E-state index in [9.17, 15) is 9.59 Å². The van der Waals surface area contributed by atoms with Gasteiger partial charge in [0.2, 0.25) is 0 Å². The molecule has 0 aliphatic carbocycles. The molecule has 0 radical (unpaired) electrons. The number of benzene rings is 1. The molecule has 24 heavy (non-hydrogen) atoms. The van der Waals surface area contributed by atoms with Crippen LogP contribution in [0.1, 0.15) is 75.1 Å². The van der Waals surface area contributed by atoms with Crippen LogP contribution in [-0.2, 0) is 9.47 Å². The zero-order valence-electron chi connectivity index (χ0n) is 15.7. The van der Waals surface area contributed by atoms with Crippen molar-refractivity contribution in [3.63, 3.8) is 0 Å². The fourth-order valence-corrected chi connectivity index (χ4v) is 2.54. The van der Waals surface area contributed by atoms with Crippen LogP contribution in [0.5, 0.6) is 0 Å². The normalized spacial score (nSPS) is 13.7. The van der Waals surface area contributed by atoms with Crippen LogP contribution in [0, 0.1) is 11.8 Å². The highest BCUT2D eigenvalue weighted by Crippen LogP contribution is 2.16. The second-order valence-corrected chi connectivity index (χ2v) is 6.77. The van der Waals surface area contributed by atoms with E-state index in [2.05, 4.69) is 0 Å². The van der Waals surface area contributed by atoms with E-state index in [1.807, 2.05) is 41.5 Å². The number of carbonyl (C=O) groups is 2. The highest BCUT2D eigenvalue weighted by atomic mass is 16.5. The first-order chi connectivity index (χ1) is 11.3. The summed E-state index contributed by atoms with van der Waals surface area (Å²) in [6.07, 6.45) is 1.36. The molecule has 0 bridgehead atoms. The Labute approximate surface area is 145 Å². The maximum Gasteiger partial charge on any atom is 0.338 e. The number of esters is 2. The Balaban J connectivity index is 2.74. The molecule has 1 rings (SSSR count). The number of ether oxygens (including phenoxy) is 2. The minimum absolute atomic E-state index is 0.0986. The van der Waals surface area contributed by atoms with E-state index in [1.165, 1.54) is 0 Å². The van der Waals surface area contributed by atoms with Crippen molar-refractivity contribution in [1.82, 2.24) is 0 Å². The molecule has 0 amide bonds. The maximum absolute atomic E-state index is 12.2. The summed E-state index contributed by atoms with van der Waals surface area (Å²) in [5.41, 5.74) is 0.892. The Bertz CT molecular complexity index is 482. The monoisotopic (exact) mass is 334 g/mol. The Kier molecular flexibility index (Phi) is 7.96. The van der Waals surface area contributed by atoms with E-state index >= 15 is 0 Å². The fraction of sp³-hybridized carbons (Fsp3) is 0.600. The summed E-state index contributed by atoms with van der Waals surface area (Å²) in [4.78, 5) is 24.3. The first-order valence-electron chi connectivity index (χ1n) is 8.82. The van der Waals surface area contributed by atoms with Gasteiger partial charge in [0.1, 0.15) is 12.2 Å². The lowest BCUT2D eigenvalue weighted by Gasteiger charge is -2.20. The van der Waals surface area contributed by atoms with Gasteiger partial charge in [0.15, 0.2) is 0 Å². The van der Waals surface area contributed by atoms with Crippen molar-refractivity contribution >= 4 is 11.9 Å². The zero-order valence-corrected chi connectivity index (χ0v) is 15.7. The summed E-state index contributed by atoms with van der Waals surface area (Å²) in [5.74, 6) is -0.168. The minimum atomic E-state index is -0.357. The molecule has 0 heterocycles. The molecule has 1 aromatic carbocycles. The quantitative estimate of drug-likeness (QED) is 0.636. The average molecular weight is 334 g/mol. The predicted octanol–water partition coefficient (Wildman–Crippen LogP) is 4.87. The van der Waals surface area contributed by atoms with Gasteiger partial charge in [-0.2, -0.15) is 0 Å². The molecule has 0 saturated carbocycles. The van der Waals surface area contributed by atoms with E-state index in [0.29, 0.717) is 11.1 Å². The Morgan fingerprint density at radius 3 is 1.25 bits per heavy atom. The number of carbonyl (C=O) groups excluding carboxylic acids is 2. The molecule has 0 spiro atoms. The van der Waals surface area contributed by atoms with Crippen LogP contribution in [0.2, 0.25) is 0 Å². The third-order valence-electron chi connectivity index (χ3n) is 4.17. The zero-order chi connectivity index (χ0) is 18.3. The Morgan fingerprint density at radius 1 is 0.750 bits per heavy atom. The molecular weight excluding hydrogens is 304 g/mol. The van der Waals surface area contributed by atoms with E-state index in [0.717, 1.165) is 12.8 Å². The highest BCUT2D eigenvalue weighted by Gasteiger charge is 2.20. The molecule has 2 atom stereocenters. The molecule has 0 N–H and O–H groups in total. The van der Waals surface area contributed by atoms with Gasteiger partial charge in [-0.25, -0.2) is 9.59 Å². The summed E-state index contributed by atoms with van der Waals surface area (Å²) in [7, 11) is 0. The van der Waals surface area contributed by atoms with Gasteiger partial charge in [-0.3, -0.25) is 0 Å². The van der Waals surface area contributed by atoms with Crippen LogP contribution >= 0.6 is 0 Å². The Morgan fingerprint density at radius 2 is 1.04 bits per heavy atom. The van der Waals surface area contributed by atoms with Crippen molar-refractivity contribution in [1.29, 1.82) is 0 Å².